The van der Waals surface area contributed by atoms with E-state index in [9.17, 15) is 9.67 Å². The summed E-state index contributed by atoms with van der Waals surface area (Å²) in [6.45, 7) is 7.82. The van der Waals surface area contributed by atoms with Crippen LogP contribution >= 0.6 is 7.60 Å². The number of aliphatic hydroxyl groups excluding tert-OH is 1. The van der Waals surface area contributed by atoms with Crippen molar-refractivity contribution in [3.05, 3.63) is 0 Å². The summed E-state index contributed by atoms with van der Waals surface area (Å²) in [4.78, 5) is 0. The van der Waals surface area contributed by atoms with E-state index in [0.29, 0.717) is 12.3 Å². The average molecular weight is 253 g/mol. The van der Waals surface area contributed by atoms with Crippen molar-refractivity contribution < 1.29 is 18.7 Å². The maximum atomic E-state index is 12.2. The molecule has 0 saturated carbocycles. The molecular formula is C10H24NO4P. The van der Waals surface area contributed by atoms with Crippen molar-refractivity contribution in [1.82, 2.24) is 0 Å². The first-order valence-corrected chi connectivity index (χ1v) is 7.31. The Morgan fingerprint density at radius 3 is 2.00 bits per heavy atom. The lowest BCUT2D eigenvalue weighted by Gasteiger charge is -2.27. The SMILES string of the molecule is CCOP(=O)(OCC)[C@H](O)[C@@H](N)CC(C)C. The van der Waals surface area contributed by atoms with Crippen LogP contribution in [0.2, 0.25) is 0 Å². The molecule has 0 amide bonds. The number of nitrogens with two attached hydrogens (primary N) is 1. The van der Waals surface area contributed by atoms with Crippen molar-refractivity contribution in [2.45, 2.75) is 46.0 Å². The molecule has 0 fully saturated rings. The van der Waals surface area contributed by atoms with Gasteiger partial charge in [-0.3, -0.25) is 4.57 Å². The molecule has 0 rings (SSSR count). The van der Waals surface area contributed by atoms with Gasteiger partial charge in [-0.1, -0.05) is 13.8 Å². The largest absolute Gasteiger partial charge is 0.379 e. The lowest BCUT2D eigenvalue weighted by molar-refractivity contribution is 0.128. The quantitative estimate of drug-likeness (QED) is 0.646. The van der Waals surface area contributed by atoms with Gasteiger partial charge in [0.05, 0.1) is 13.2 Å². The normalized spacial score (nSPS) is 16.4. The van der Waals surface area contributed by atoms with Crippen molar-refractivity contribution >= 4 is 7.60 Å². The van der Waals surface area contributed by atoms with E-state index in [1.165, 1.54) is 0 Å². The van der Waals surface area contributed by atoms with Crippen LogP contribution in [0.1, 0.15) is 34.1 Å². The third-order valence-electron chi connectivity index (χ3n) is 2.07. The summed E-state index contributed by atoms with van der Waals surface area (Å²) >= 11 is 0. The molecule has 0 unspecified atom stereocenters. The van der Waals surface area contributed by atoms with E-state index in [4.69, 9.17) is 14.8 Å². The summed E-state index contributed by atoms with van der Waals surface area (Å²) in [5.41, 5.74) is 5.78. The predicted molar refractivity (Wildman–Crippen MR) is 64.3 cm³/mol. The van der Waals surface area contributed by atoms with Crippen LogP contribution in [0.4, 0.5) is 0 Å². The predicted octanol–water partition coefficient (Wildman–Crippen LogP) is 1.94. The standard InChI is InChI=1S/C10H24NO4P/c1-5-14-16(13,15-6-2)10(12)9(11)7-8(3)4/h8-10,12H,5-7,11H2,1-4H3/t9-,10-/m0/s1. The summed E-state index contributed by atoms with van der Waals surface area (Å²) in [6, 6.07) is -0.594. The highest BCUT2D eigenvalue weighted by atomic mass is 31.2. The molecule has 3 N–H and O–H groups in total. The van der Waals surface area contributed by atoms with Crippen molar-refractivity contribution in [1.29, 1.82) is 0 Å². The molecule has 2 atom stereocenters. The van der Waals surface area contributed by atoms with Gasteiger partial charge in [-0.15, -0.1) is 0 Å². The number of hydrogen-bond donors (Lipinski definition) is 2. The molecule has 0 aliphatic carbocycles. The maximum absolute atomic E-state index is 12.2. The Kier molecular flexibility index (Phi) is 7.44. The minimum absolute atomic E-state index is 0.225. The second-order valence-corrected chi connectivity index (χ2v) is 6.21. The first-order chi connectivity index (χ1) is 7.37. The van der Waals surface area contributed by atoms with Crippen LogP contribution in [0.5, 0.6) is 0 Å². The fourth-order valence-corrected chi connectivity index (χ4v) is 3.14. The molecule has 0 aliphatic heterocycles. The molecule has 0 radical (unpaired) electrons. The van der Waals surface area contributed by atoms with Crippen molar-refractivity contribution in [2.24, 2.45) is 11.7 Å². The average Bonchev–Trinajstić information content (AvgIpc) is 2.16. The van der Waals surface area contributed by atoms with E-state index >= 15 is 0 Å². The Morgan fingerprint density at radius 2 is 1.69 bits per heavy atom. The minimum Gasteiger partial charge on any atom is -0.379 e. The molecule has 98 valence electrons. The third-order valence-corrected chi connectivity index (χ3v) is 4.34. The van der Waals surface area contributed by atoms with E-state index in [1.807, 2.05) is 13.8 Å². The highest BCUT2D eigenvalue weighted by Crippen LogP contribution is 2.53. The summed E-state index contributed by atoms with van der Waals surface area (Å²) in [5, 5.41) is 9.91. The van der Waals surface area contributed by atoms with Gasteiger partial charge in [-0.25, -0.2) is 0 Å². The van der Waals surface area contributed by atoms with Gasteiger partial charge < -0.3 is 19.9 Å². The minimum atomic E-state index is -3.49. The van der Waals surface area contributed by atoms with Gasteiger partial charge >= 0.3 is 7.60 Å². The fraction of sp³-hybridized carbons (Fsp3) is 1.00. The van der Waals surface area contributed by atoms with Crippen LogP contribution in [0.15, 0.2) is 0 Å². The number of rotatable bonds is 8. The molecule has 0 aromatic rings. The lowest BCUT2D eigenvalue weighted by atomic mass is 10.1. The second kappa shape index (κ2) is 7.41. The van der Waals surface area contributed by atoms with Crippen molar-refractivity contribution in [3.8, 4) is 0 Å². The smallest absolute Gasteiger partial charge is 0.360 e. The van der Waals surface area contributed by atoms with E-state index < -0.39 is 19.5 Å². The topological polar surface area (TPSA) is 81.8 Å². The molecule has 0 spiro atoms. The van der Waals surface area contributed by atoms with Gasteiger partial charge in [0.2, 0.25) is 0 Å². The third kappa shape index (κ3) is 4.93. The summed E-state index contributed by atoms with van der Waals surface area (Å²) < 4.78 is 22.2. The molecular weight excluding hydrogens is 229 g/mol. The molecule has 5 nitrogen and oxygen atoms in total. The molecule has 0 aromatic heterocycles. The van der Waals surface area contributed by atoms with E-state index in [1.54, 1.807) is 13.8 Å². The highest BCUT2D eigenvalue weighted by Gasteiger charge is 2.38. The number of hydrogen-bond acceptors (Lipinski definition) is 5. The Hall–Kier alpha value is 0.0700. The summed E-state index contributed by atoms with van der Waals surface area (Å²) in [6.07, 6.45) is 0.575. The Balaban J connectivity index is 4.59. The van der Waals surface area contributed by atoms with Crippen molar-refractivity contribution in [3.63, 3.8) is 0 Å². The lowest BCUT2D eigenvalue weighted by Crippen LogP contribution is -2.36. The summed E-state index contributed by atoms with van der Waals surface area (Å²) in [5.74, 6) is -0.934. The van der Waals surface area contributed by atoms with Crippen LogP contribution in [-0.2, 0) is 13.6 Å². The van der Waals surface area contributed by atoms with Gasteiger partial charge in [-0.05, 0) is 26.2 Å². The Bertz CT molecular complexity index is 225. The zero-order valence-electron chi connectivity index (χ0n) is 10.5. The monoisotopic (exact) mass is 253 g/mol. The zero-order valence-corrected chi connectivity index (χ0v) is 11.4. The maximum Gasteiger partial charge on any atom is 0.360 e. The zero-order chi connectivity index (χ0) is 12.8. The molecule has 0 heterocycles. The first-order valence-electron chi connectivity index (χ1n) is 5.69. The van der Waals surface area contributed by atoms with Gasteiger partial charge in [0.15, 0.2) is 5.85 Å². The van der Waals surface area contributed by atoms with Crippen LogP contribution in [-0.4, -0.2) is 30.2 Å². The van der Waals surface area contributed by atoms with Crippen LogP contribution in [0.25, 0.3) is 0 Å². The summed E-state index contributed by atoms with van der Waals surface area (Å²) in [7, 11) is -3.49. The van der Waals surface area contributed by atoms with Crippen molar-refractivity contribution in [2.75, 3.05) is 13.2 Å². The molecule has 6 heteroatoms. The molecule has 0 aromatic carbocycles. The Morgan fingerprint density at radius 1 is 1.25 bits per heavy atom. The Labute approximate surface area is 97.8 Å². The highest BCUT2D eigenvalue weighted by molar-refractivity contribution is 7.54. The van der Waals surface area contributed by atoms with Gasteiger partial charge in [0.25, 0.3) is 0 Å². The molecule has 0 saturated heterocycles. The first kappa shape index (κ1) is 16.1. The molecule has 16 heavy (non-hydrogen) atoms. The molecule has 0 bridgehead atoms. The second-order valence-electron chi connectivity index (χ2n) is 4.08. The van der Waals surface area contributed by atoms with E-state index in [0.717, 1.165) is 0 Å². The van der Waals surface area contributed by atoms with Gasteiger partial charge in [0.1, 0.15) is 0 Å². The van der Waals surface area contributed by atoms with E-state index in [2.05, 4.69) is 0 Å². The van der Waals surface area contributed by atoms with Crippen LogP contribution in [0.3, 0.4) is 0 Å². The van der Waals surface area contributed by atoms with Gasteiger partial charge in [0, 0.05) is 6.04 Å². The van der Waals surface area contributed by atoms with Crippen LogP contribution in [0, 0.1) is 5.92 Å². The molecule has 0 aliphatic rings. The number of aliphatic hydroxyl groups is 1. The van der Waals surface area contributed by atoms with E-state index in [-0.39, 0.29) is 13.2 Å². The van der Waals surface area contributed by atoms with Crippen LogP contribution < -0.4 is 5.73 Å². The van der Waals surface area contributed by atoms with Gasteiger partial charge in [-0.2, -0.15) is 0 Å². The fourth-order valence-electron chi connectivity index (χ4n) is 1.45.